The fourth-order valence-corrected chi connectivity index (χ4v) is 3.84. The lowest BCUT2D eigenvalue weighted by atomic mass is 9.94. The molecule has 1 unspecified atom stereocenters. The van der Waals surface area contributed by atoms with Crippen LogP contribution in [-0.4, -0.2) is 68.0 Å². The van der Waals surface area contributed by atoms with Gasteiger partial charge in [0.1, 0.15) is 5.76 Å². The normalized spacial score (nSPS) is 17.8. The highest BCUT2D eigenvalue weighted by Gasteiger charge is 2.46. The molecule has 7 heteroatoms. The molecule has 1 atom stereocenters. The number of rotatable bonds is 8. The third kappa shape index (κ3) is 4.48. The Morgan fingerprint density at radius 2 is 1.69 bits per heavy atom. The summed E-state index contributed by atoms with van der Waals surface area (Å²) in [6, 6.07) is 11.9. The summed E-state index contributed by atoms with van der Waals surface area (Å²) in [7, 11) is 6.87. The molecular weight excluding hydrogens is 408 g/mol. The number of aliphatic hydroxyl groups is 1. The predicted octanol–water partition coefficient (Wildman–Crippen LogP) is 3.25. The summed E-state index contributed by atoms with van der Waals surface area (Å²) in [5, 5.41) is 11.1. The molecule has 0 aliphatic carbocycles. The van der Waals surface area contributed by atoms with E-state index in [9.17, 15) is 14.7 Å². The Hall–Kier alpha value is -3.32. The molecule has 0 bridgehead atoms. The van der Waals surface area contributed by atoms with Gasteiger partial charge in [-0.05, 0) is 43.8 Å². The lowest BCUT2D eigenvalue weighted by molar-refractivity contribution is -0.140. The van der Waals surface area contributed by atoms with Crippen molar-refractivity contribution in [3.8, 4) is 11.5 Å². The quantitative estimate of drug-likeness (QED) is 0.387. The molecule has 0 saturated carbocycles. The van der Waals surface area contributed by atoms with Crippen LogP contribution in [-0.2, 0) is 16.0 Å². The minimum Gasteiger partial charge on any atom is -0.507 e. The van der Waals surface area contributed by atoms with E-state index >= 15 is 0 Å². The van der Waals surface area contributed by atoms with Gasteiger partial charge in [0.25, 0.3) is 11.7 Å². The van der Waals surface area contributed by atoms with E-state index in [1.807, 2.05) is 38.1 Å². The number of aliphatic hydroxyl groups excluding tert-OH is 1. The molecule has 1 aliphatic heterocycles. The van der Waals surface area contributed by atoms with Crippen LogP contribution in [0.5, 0.6) is 11.5 Å². The number of hydrogen-bond acceptors (Lipinski definition) is 6. The maximum Gasteiger partial charge on any atom is 0.295 e. The van der Waals surface area contributed by atoms with E-state index in [-0.39, 0.29) is 11.3 Å². The van der Waals surface area contributed by atoms with Gasteiger partial charge >= 0.3 is 0 Å². The number of carbonyl (C=O) groups excluding carboxylic acids is 2. The number of ether oxygens (including phenoxy) is 2. The minimum absolute atomic E-state index is 0.0743. The van der Waals surface area contributed by atoms with Gasteiger partial charge in [0, 0.05) is 18.7 Å². The minimum atomic E-state index is -0.736. The van der Waals surface area contributed by atoms with Gasteiger partial charge in [-0.3, -0.25) is 9.59 Å². The molecule has 2 aromatic rings. The second-order valence-corrected chi connectivity index (χ2v) is 7.96. The fourth-order valence-electron chi connectivity index (χ4n) is 3.84. The number of aryl methyl sites for hydroxylation is 1. The number of Topliss-reactive ketones (excluding diaryl/α,β-unsaturated/α-hetero) is 1. The van der Waals surface area contributed by atoms with Gasteiger partial charge in [0.15, 0.2) is 11.5 Å². The van der Waals surface area contributed by atoms with Crippen LogP contribution < -0.4 is 9.47 Å². The summed E-state index contributed by atoms with van der Waals surface area (Å²) < 4.78 is 10.8. The first kappa shape index (κ1) is 23.3. The van der Waals surface area contributed by atoms with Gasteiger partial charge in [-0.2, -0.15) is 0 Å². The lowest BCUT2D eigenvalue weighted by Gasteiger charge is -2.27. The van der Waals surface area contributed by atoms with Gasteiger partial charge in [-0.1, -0.05) is 37.3 Å². The Kier molecular flexibility index (Phi) is 7.20. The Balaban J connectivity index is 2.16. The largest absolute Gasteiger partial charge is 0.507 e. The smallest absolute Gasteiger partial charge is 0.295 e. The van der Waals surface area contributed by atoms with Gasteiger partial charge in [-0.15, -0.1) is 0 Å². The van der Waals surface area contributed by atoms with Crippen LogP contribution >= 0.6 is 0 Å². The molecule has 0 aromatic heterocycles. The summed E-state index contributed by atoms with van der Waals surface area (Å²) in [5.74, 6) is -0.482. The molecule has 1 aliphatic rings. The van der Waals surface area contributed by atoms with Crippen molar-refractivity contribution in [1.82, 2.24) is 9.80 Å². The van der Waals surface area contributed by atoms with Crippen molar-refractivity contribution in [2.75, 3.05) is 41.4 Å². The maximum absolute atomic E-state index is 13.1. The number of ketones is 1. The SMILES string of the molecule is CCc1ccc(/C(O)=C2/C(=O)C(=O)N(CCN(C)C)C2c2ccc(OC)c(OC)c2)cc1. The van der Waals surface area contributed by atoms with Gasteiger partial charge in [0.05, 0.1) is 25.8 Å². The van der Waals surface area contributed by atoms with E-state index in [0.717, 1.165) is 12.0 Å². The van der Waals surface area contributed by atoms with E-state index in [0.29, 0.717) is 35.7 Å². The molecule has 1 N–H and O–H groups in total. The molecule has 0 spiro atoms. The van der Waals surface area contributed by atoms with Crippen LogP contribution in [0.15, 0.2) is 48.0 Å². The molecule has 1 saturated heterocycles. The van der Waals surface area contributed by atoms with Crippen LogP contribution in [0.3, 0.4) is 0 Å². The highest BCUT2D eigenvalue weighted by Crippen LogP contribution is 2.41. The number of methoxy groups -OCH3 is 2. The van der Waals surface area contributed by atoms with E-state index in [2.05, 4.69) is 0 Å². The van der Waals surface area contributed by atoms with Crippen molar-refractivity contribution in [2.24, 2.45) is 0 Å². The first-order valence-corrected chi connectivity index (χ1v) is 10.6. The van der Waals surface area contributed by atoms with Crippen LogP contribution in [0.2, 0.25) is 0 Å². The monoisotopic (exact) mass is 438 g/mol. The summed E-state index contributed by atoms with van der Waals surface area (Å²) in [6.45, 7) is 2.95. The zero-order chi connectivity index (χ0) is 23.4. The number of benzene rings is 2. The van der Waals surface area contributed by atoms with Crippen molar-refractivity contribution in [1.29, 1.82) is 0 Å². The van der Waals surface area contributed by atoms with E-state index in [4.69, 9.17) is 9.47 Å². The number of amides is 1. The summed E-state index contributed by atoms with van der Waals surface area (Å²) in [5.41, 5.74) is 2.35. The van der Waals surface area contributed by atoms with Gasteiger partial charge < -0.3 is 24.4 Å². The summed E-state index contributed by atoms with van der Waals surface area (Å²) in [4.78, 5) is 29.5. The number of likely N-dealkylation sites (tertiary alicyclic amines) is 1. The van der Waals surface area contributed by atoms with Crippen molar-refractivity contribution in [3.63, 3.8) is 0 Å². The molecule has 0 radical (unpaired) electrons. The standard InChI is InChI=1S/C25H30N2O5/c1-6-16-7-9-17(10-8-16)23(28)21-22(18-11-12-19(31-4)20(15-18)32-5)27(14-13-26(2)3)25(30)24(21)29/h7-12,15,22,28H,6,13-14H2,1-5H3/b23-21-. The molecule has 1 amide bonds. The van der Waals surface area contributed by atoms with Crippen LogP contribution in [0.1, 0.15) is 29.7 Å². The topological polar surface area (TPSA) is 79.3 Å². The zero-order valence-electron chi connectivity index (χ0n) is 19.2. The molecule has 32 heavy (non-hydrogen) atoms. The number of hydrogen-bond donors (Lipinski definition) is 1. The Morgan fingerprint density at radius 3 is 2.25 bits per heavy atom. The third-order valence-electron chi connectivity index (χ3n) is 5.69. The summed E-state index contributed by atoms with van der Waals surface area (Å²) >= 11 is 0. The molecule has 1 heterocycles. The molecule has 2 aromatic carbocycles. The van der Waals surface area contributed by atoms with Gasteiger partial charge in [0.2, 0.25) is 0 Å². The van der Waals surface area contributed by atoms with Gasteiger partial charge in [-0.25, -0.2) is 0 Å². The van der Waals surface area contributed by atoms with E-state index in [1.54, 1.807) is 37.4 Å². The van der Waals surface area contributed by atoms with Crippen molar-refractivity contribution in [3.05, 3.63) is 64.7 Å². The zero-order valence-corrected chi connectivity index (χ0v) is 19.2. The number of carbonyl (C=O) groups is 2. The van der Waals surface area contributed by atoms with Crippen LogP contribution in [0.25, 0.3) is 5.76 Å². The van der Waals surface area contributed by atoms with Crippen molar-refractivity contribution >= 4 is 17.4 Å². The van der Waals surface area contributed by atoms with Crippen LogP contribution in [0.4, 0.5) is 0 Å². The summed E-state index contributed by atoms with van der Waals surface area (Å²) in [6.07, 6.45) is 0.863. The Morgan fingerprint density at radius 1 is 1.03 bits per heavy atom. The van der Waals surface area contributed by atoms with Crippen LogP contribution in [0, 0.1) is 0 Å². The van der Waals surface area contributed by atoms with E-state index in [1.165, 1.54) is 12.0 Å². The molecule has 3 rings (SSSR count). The molecule has 170 valence electrons. The predicted molar refractivity (Wildman–Crippen MR) is 123 cm³/mol. The van der Waals surface area contributed by atoms with Crippen molar-refractivity contribution in [2.45, 2.75) is 19.4 Å². The fraction of sp³-hybridized carbons (Fsp3) is 0.360. The van der Waals surface area contributed by atoms with Crippen molar-refractivity contribution < 1.29 is 24.2 Å². The highest BCUT2D eigenvalue weighted by molar-refractivity contribution is 6.46. The highest BCUT2D eigenvalue weighted by atomic mass is 16.5. The number of nitrogens with zero attached hydrogens (tertiary/aromatic N) is 2. The Labute approximate surface area is 188 Å². The second-order valence-electron chi connectivity index (χ2n) is 7.96. The second kappa shape index (κ2) is 9.87. The molecule has 1 fully saturated rings. The first-order chi connectivity index (χ1) is 15.3. The first-order valence-electron chi connectivity index (χ1n) is 10.6. The number of likely N-dealkylation sites (N-methyl/N-ethyl adjacent to an activating group) is 1. The maximum atomic E-state index is 13.1. The average Bonchev–Trinajstić information content (AvgIpc) is 3.06. The molecule has 7 nitrogen and oxygen atoms in total. The molecular formula is C25H30N2O5. The van der Waals surface area contributed by atoms with E-state index < -0.39 is 17.7 Å². The third-order valence-corrected chi connectivity index (χ3v) is 5.69. The Bertz CT molecular complexity index is 1030. The average molecular weight is 439 g/mol. The lowest BCUT2D eigenvalue weighted by Crippen LogP contribution is -2.35.